The van der Waals surface area contributed by atoms with Gasteiger partial charge in [0.2, 0.25) is 0 Å². The highest BCUT2D eigenvalue weighted by Gasteiger charge is 2.32. The molecular weight excluding hydrogens is 647 g/mol. The number of fused-ring (bicyclic) bond motifs is 2. The Balaban J connectivity index is 1.24. The van der Waals surface area contributed by atoms with E-state index < -0.39 is 26.5 Å². The molecule has 0 bridgehead atoms. The first-order valence-corrected chi connectivity index (χ1v) is 17.4. The number of hydrogen-bond donors (Lipinski definition) is 1. The second-order valence-corrected chi connectivity index (χ2v) is 14.3. The van der Waals surface area contributed by atoms with E-state index in [1.54, 1.807) is 54.7 Å². The van der Waals surface area contributed by atoms with Crippen molar-refractivity contribution in [3.05, 3.63) is 116 Å². The van der Waals surface area contributed by atoms with Crippen LogP contribution in [0.2, 0.25) is 0 Å². The Morgan fingerprint density at radius 2 is 1.61 bits per heavy atom. The Bertz CT molecular complexity index is 2340. The zero-order chi connectivity index (χ0) is 31.8. The van der Waals surface area contributed by atoms with Crippen LogP contribution in [0.15, 0.2) is 88.6 Å². The molecule has 11 nitrogen and oxygen atoms in total. The van der Waals surface area contributed by atoms with Crippen molar-refractivity contribution in [2.45, 2.75) is 11.8 Å². The van der Waals surface area contributed by atoms with Gasteiger partial charge >= 0.3 is 0 Å². The fourth-order valence-corrected chi connectivity index (χ4v) is 8.54. The molecule has 232 valence electrons. The number of pyridine rings is 2. The van der Waals surface area contributed by atoms with Gasteiger partial charge in [0.05, 0.1) is 41.1 Å². The van der Waals surface area contributed by atoms with E-state index in [2.05, 4.69) is 24.8 Å². The summed E-state index contributed by atoms with van der Waals surface area (Å²) in [6, 6.07) is 20.8. The third-order valence-electron chi connectivity index (χ3n) is 7.57. The number of aromatic nitrogens is 4. The van der Waals surface area contributed by atoms with Gasteiger partial charge in [0.1, 0.15) is 10.0 Å². The SMILES string of the molecule is O=c1nc(-c2cccc(C(c3nc(=O)c4cc(-c5cc(CN6CCOCC6)ccn5)ccc4s3)S(=O)(=O)O)n2)sc2ccccc12. The second kappa shape index (κ2) is 12.5. The van der Waals surface area contributed by atoms with Crippen molar-refractivity contribution < 1.29 is 17.7 Å². The van der Waals surface area contributed by atoms with Crippen LogP contribution in [0.5, 0.6) is 0 Å². The van der Waals surface area contributed by atoms with Crippen LogP contribution in [0.4, 0.5) is 0 Å². The first kappa shape index (κ1) is 30.3. The van der Waals surface area contributed by atoms with Crippen LogP contribution in [0.3, 0.4) is 0 Å². The van der Waals surface area contributed by atoms with Crippen LogP contribution in [0.25, 0.3) is 42.1 Å². The predicted molar refractivity (Wildman–Crippen MR) is 178 cm³/mol. The zero-order valence-corrected chi connectivity index (χ0v) is 26.5. The molecule has 0 aliphatic carbocycles. The van der Waals surface area contributed by atoms with E-state index in [1.165, 1.54) is 17.4 Å². The Kier molecular flexibility index (Phi) is 8.23. The topological polar surface area (TPSA) is 153 Å². The molecule has 1 unspecified atom stereocenters. The molecule has 5 heterocycles. The highest BCUT2D eigenvalue weighted by molar-refractivity contribution is 7.86. The zero-order valence-electron chi connectivity index (χ0n) is 24.1. The van der Waals surface area contributed by atoms with Crippen molar-refractivity contribution in [3.8, 4) is 22.0 Å². The number of morpholine rings is 1. The highest BCUT2D eigenvalue weighted by atomic mass is 32.2. The Hall–Kier alpha value is -4.31. The summed E-state index contributed by atoms with van der Waals surface area (Å²) in [5.74, 6) is 0. The summed E-state index contributed by atoms with van der Waals surface area (Å²) in [5, 5.41) is -0.817. The summed E-state index contributed by atoms with van der Waals surface area (Å²) in [6.07, 6.45) is 1.74. The highest BCUT2D eigenvalue weighted by Crippen LogP contribution is 2.34. The number of rotatable bonds is 7. The summed E-state index contributed by atoms with van der Waals surface area (Å²) in [5.41, 5.74) is 1.61. The Morgan fingerprint density at radius 3 is 2.43 bits per heavy atom. The van der Waals surface area contributed by atoms with Crippen LogP contribution in [-0.4, -0.2) is 64.1 Å². The van der Waals surface area contributed by atoms with Gasteiger partial charge in [0.25, 0.3) is 21.2 Å². The Labute approximate surface area is 270 Å². The molecule has 0 spiro atoms. The van der Waals surface area contributed by atoms with Gasteiger partial charge in [-0.1, -0.05) is 24.3 Å². The lowest BCUT2D eigenvalue weighted by Crippen LogP contribution is -2.35. The smallest absolute Gasteiger partial charge is 0.280 e. The van der Waals surface area contributed by atoms with Gasteiger partial charge in [-0.15, -0.1) is 22.7 Å². The minimum Gasteiger partial charge on any atom is -0.379 e. The van der Waals surface area contributed by atoms with Crippen LogP contribution < -0.4 is 11.1 Å². The molecule has 2 aromatic carbocycles. The monoisotopic (exact) mass is 671 g/mol. The van der Waals surface area contributed by atoms with Crippen LogP contribution in [0.1, 0.15) is 21.5 Å². The minimum absolute atomic E-state index is 0.0602. The van der Waals surface area contributed by atoms with E-state index in [9.17, 15) is 22.6 Å². The largest absolute Gasteiger partial charge is 0.379 e. The number of ether oxygens (including phenoxy) is 1. The fourth-order valence-electron chi connectivity index (χ4n) is 5.35. The maximum Gasteiger partial charge on any atom is 0.280 e. The second-order valence-electron chi connectivity index (χ2n) is 10.7. The molecule has 6 aromatic rings. The van der Waals surface area contributed by atoms with Crippen molar-refractivity contribution >= 4 is 53.0 Å². The minimum atomic E-state index is -4.82. The average Bonchev–Trinajstić information content (AvgIpc) is 3.05. The maximum absolute atomic E-state index is 13.3. The van der Waals surface area contributed by atoms with Crippen molar-refractivity contribution in [2.24, 2.45) is 0 Å². The lowest BCUT2D eigenvalue weighted by Gasteiger charge is -2.26. The van der Waals surface area contributed by atoms with Gasteiger partial charge in [0.15, 0.2) is 5.25 Å². The van der Waals surface area contributed by atoms with Gasteiger partial charge in [0, 0.05) is 40.8 Å². The normalized spacial score (nSPS) is 14.9. The molecule has 0 radical (unpaired) electrons. The molecule has 14 heteroatoms. The van der Waals surface area contributed by atoms with Crippen LogP contribution in [-0.2, 0) is 21.4 Å². The van der Waals surface area contributed by atoms with Gasteiger partial charge in [-0.2, -0.15) is 13.4 Å². The van der Waals surface area contributed by atoms with Gasteiger partial charge in [-0.3, -0.25) is 24.0 Å². The molecular formula is C32H25N5O6S3. The van der Waals surface area contributed by atoms with Gasteiger partial charge in [-0.25, -0.2) is 9.97 Å². The van der Waals surface area contributed by atoms with Crippen molar-refractivity contribution in [3.63, 3.8) is 0 Å². The summed E-state index contributed by atoms with van der Waals surface area (Å²) in [4.78, 5) is 45.5. The summed E-state index contributed by atoms with van der Waals surface area (Å²) < 4.78 is 42.5. The third kappa shape index (κ3) is 6.23. The quantitative estimate of drug-likeness (QED) is 0.238. The third-order valence-corrected chi connectivity index (χ3v) is 11.0. The molecule has 0 amide bonds. The molecule has 1 aliphatic heterocycles. The van der Waals surface area contributed by atoms with Crippen LogP contribution >= 0.6 is 22.7 Å². The van der Waals surface area contributed by atoms with Crippen molar-refractivity contribution in [2.75, 3.05) is 26.3 Å². The lowest BCUT2D eigenvalue weighted by molar-refractivity contribution is 0.0342. The molecule has 0 saturated carbocycles. The predicted octanol–water partition coefficient (Wildman–Crippen LogP) is 4.56. The lowest BCUT2D eigenvalue weighted by atomic mass is 10.1. The van der Waals surface area contributed by atoms with E-state index in [-0.39, 0.29) is 21.4 Å². The van der Waals surface area contributed by atoms with Gasteiger partial charge < -0.3 is 4.74 Å². The van der Waals surface area contributed by atoms with E-state index in [0.29, 0.717) is 39.1 Å². The van der Waals surface area contributed by atoms with E-state index in [0.717, 1.165) is 42.1 Å². The summed E-state index contributed by atoms with van der Waals surface area (Å²) in [7, 11) is -4.82. The molecule has 7 rings (SSSR count). The Morgan fingerprint density at radius 1 is 0.826 bits per heavy atom. The number of hydrogen-bond acceptors (Lipinski definition) is 12. The van der Waals surface area contributed by atoms with E-state index in [4.69, 9.17) is 4.74 Å². The molecule has 1 N–H and O–H groups in total. The molecule has 1 fully saturated rings. The van der Waals surface area contributed by atoms with Crippen molar-refractivity contribution in [1.29, 1.82) is 0 Å². The molecule has 1 saturated heterocycles. The first-order chi connectivity index (χ1) is 22.2. The summed E-state index contributed by atoms with van der Waals surface area (Å²) in [6.45, 7) is 3.88. The molecule has 1 atom stereocenters. The first-order valence-electron chi connectivity index (χ1n) is 14.3. The maximum atomic E-state index is 13.3. The van der Waals surface area contributed by atoms with Crippen LogP contribution in [0, 0.1) is 0 Å². The van der Waals surface area contributed by atoms with Crippen molar-refractivity contribution in [1.82, 2.24) is 24.8 Å². The fraction of sp³-hybridized carbons (Fsp3) is 0.188. The molecule has 4 aromatic heterocycles. The molecule has 1 aliphatic rings. The van der Waals surface area contributed by atoms with E-state index >= 15 is 0 Å². The summed E-state index contributed by atoms with van der Waals surface area (Å²) >= 11 is 2.20. The average molecular weight is 672 g/mol. The number of nitrogens with zero attached hydrogens (tertiary/aromatic N) is 5. The molecule has 46 heavy (non-hydrogen) atoms. The number of benzene rings is 2. The van der Waals surface area contributed by atoms with Gasteiger partial charge in [-0.05, 0) is 54.1 Å². The van der Waals surface area contributed by atoms with E-state index in [1.807, 2.05) is 18.2 Å². The standard InChI is InChI=1S/C32H25N5O6S3/c38-29-21-4-1-2-7-26(21)44-31(35-29)24-6-3-5-23(34-24)28(46(40,41)42)32-36-30(39)22-17-20(8-9-27(22)45-32)25-16-19(10-11-33-25)18-37-12-14-43-15-13-37/h1-11,16-17,28H,12-15,18H2,(H,40,41,42).